The van der Waals surface area contributed by atoms with Crippen LogP contribution < -0.4 is 5.48 Å². The second kappa shape index (κ2) is 17.3. The van der Waals surface area contributed by atoms with Crippen molar-refractivity contribution in [3.63, 3.8) is 0 Å². The summed E-state index contributed by atoms with van der Waals surface area (Å²) in [4.78, 5) is 0. The maximum Gasteiger partial charge on any atom is 0.0780 e. The highest BCUT2D eigenvalue weighted by Gasteiger charge is 2.09. The van der Waals surface area contributed by atoms with Crippen molar-refractivity contribution in [1.29, 1.82) is 0 Å². The second-order valence-corrected chi connectivity index (χ2v) is 8.30. The Kier molecular flexibility index (Phi) is 17.2. The molecule has 4 nitrogen and oxygen atoms in total. The zero-order valence-corrected chi connectivity index (χ0v) is 17.4. The topological polar surface area (TPSA) is 55.3 Å². The predicted molar refractivity (Wildman–Crippen MR) is 109 cm³/mol. The maximum atomic E-state index is 11.5. The molecule has 0 saturated carbocycles. The van der Waals surface area contributed by atoms with Crippen LogP contribution in [0.25, 0.3) is 0 Å². The van der Waals surface area contributed by atoms with Crippen molar-refractivity contribution < 1.29 is 9.85 Å². The molecule has 152 valence electrons. The zero-order valence-electron chi connectivity index (χ0n) is 17.4. The molecule has 0 aliphatic carbocycles. The highest BCUT2D eigenvalue weighted by Crippen LogP contribution is 2.14. The van der Waals surface area contributed by atoms with Gasteiger partial charge in [-0.05, 0) is 19.3 Å². The minimum atomic E-state index is -0.239. The molecule has 0 aromatic carbocycles. The summed E-state index contributed by atoms with van der Waals surface area (Å²) in [6.45, 7) is 2.90. The van der Waals surface area contributed by atoms with Crippen molar-refractivity contribution in [1.82, 2.24) is 5.48 Å². The smallest absolute Gasteiger partial charge is 0.0780 e. The molecule has 0 fully saturated rings. The summed E-state index contributed by atoms with van der Waals surface area (Å²) in [7, 11) is 3.35. The molecule has 0 amide bonds. The summed E-state index contributed by atoms with van der Waals surface area (Å²) in [5.41, 5.74) is 2.42. The summed E-state index contributed by atoms with van der Waals surface area (Å²) in [5.74, 6) is 0. The lowest BCUT2D eigenvalue weighted by atomic mass is 10.0. The van der Waals surface area contributed by atoms with Gasteiger partial charge in [0.05, 0.1) is 20.6 Å². The van der Waals surface area contributed by atoms with Gasteiger partial charge in [0.25, 0.3) is 0 Å². The standard InChI is InChI=1S/C21H46N2O2/c1-4-5-6-7-8-9-10-11-12-13-14-15-16-18-21(22-24)19-17-20-23(2,3)25/h21-22,24H,4-20H2,1-3H3. The lowest BCUT2D eigenvalue weighted by molar-refractivity contribution is -0.840. The van der Waals surface area contributed by atoms with Gasteiger partial charge < -0.3 is 15.1 Å². The Bertz CT molecular complexity index is 267. The van der Waals surface area contributed by atoms with E-state index in [2.05, 4.69) is 12.4 Å². The van der Waals surface area contributed by atoms with Crippen LogP contribution in [0.3, 0.4) is 0 Å². The fraction of sp³-hybridized carbons (Fsp3) is 1.00. The molecule has 1 atom stereocenters. The van der Waals surface area contributed by atoms with E-state index in [-0.39, 0.29) is 10.7 Å². The van der Waals surface area contributed by atoms with Crippen molar-refractivity contribution in [3.05, 3.63) is 5.21 Å². The third kappa shape index (κ3) is 20.0. The van der Waals surface area contributed by atoms with E-state index in [0.29, 0.717) is 6.54 Å². The van der Waals surface area contributed by atoms with Crippen molar-refractivity contribution in [2.24, 2.45) is 0 Å². The number of quaternary nitrogens is 1. The SMILES string of the molecule is CCCCCCCCCCCCCCCC(CCC[N+](C)(C)[O-])NO. The van der Waals surface area contributed by atoms with Crippen LogP contribution in [-0.4, -0.2) is 36.5 Å². The molecule has 0 aliphatic heterocycles. The molecule has 0 rings (SSSR count). The summed E-state index contributed by atoms with van der Waals surface area (Å²) in [6, 6.07) is 0.152. The lowest BCUT2D eigenvalue weighted by Gasteiger charge is -2.34. The summed E-state index contributed by atoms with van der Waals surface area (Å²) in [5, 5.41) is 20.7. The third-order valence-electron chi connectivity index (χ3n) is 5.09. The zero-order chi connectivity index (χ0) is 18.8. The van der Waals surface area contributed by atoms with E-state index in [0.717, 1.165) is 19.3 Å². The van der Waals surface area contributed by atoms with E-state index >= 15 is 0 Å². The highest BCUT2D eigenvalue weighted by atomic mass is 16.5. The number of nitrogens with zero attached hydrogens (tertiary/aromatic N) is 1. The van der Waals surface area contributed by atoms with E-state index in [1.165, 1.54) is 83.5 Å². The van der Waals surface area contributed by atoms with Gasteiger partial charge in [0.15, 0.2) is 0 Å². The van der Waals surface area contributed by atoms with Gasteiger partial charge in [-0.25, -0.2) is 5.48 Å². The molecular weight excluding hydrogens is 312 g/mol. The van der Waals surface area contributed by atoms with Crippen LogP contribution in [0.5, 0.6) is 0 Å². The van der Waals surface area contributed by atoms with Crippen molar-refractivity contribution in [2.45, 2.75) is 116 Å². The highest BCUT2D eigenvalue weighted by molar-refractivity contribution is 4.62. The van der Waals surface area contributed by atoms with E-state index in [1.54, 1.807) is 14.1 Å². The molecular formula is C21H46N2O2. The first-order chi connectivity index (χ1) is 12.0. The number of unbranched alkanes of at least 4 members (excludes halogenated alkanes) is 12. The first-order valence-electron chi connectivity index (χ1n) is 10.9. The summed E-state index contributed by atoms with van der Waals surface area (Å²) >= 11 is 0. The molecule has 0 heterocycles. The summed E-state index contributed by atoms with van der Waals surface area (Å²) < 4.78 is -0.239. The van der Waals surface area contributed by atoms with Gasteiger partial charge in [0.1, 0.15) is 0 Å². The van der Waals surface area contributed by atoms with Crippen LogP contribution in [0.15, 0.2) is 0 Å². The number of hydroxylamine groups is 4. The van der Waals surface area contributed by atoms with Crippen molar-refractivity contribution in [2.75, 3.05) is 20.6 Å². The number of nitrogens with one attached hydrogen (secondary N) is 1. The average Bonchev–Trinajstić information content (AvgIpc) is 2.56. The molecule has 25 heavy (non-hydrogen) atoms. The quantitative estimate of drug-likeness (QED) is 0.165. The Morgan fingerprint density at radius 2 is 1.12 bits per heavy atom. The molecule has 4 heteroatoms. The van der Waals surface area contributed by atoms with E-state index in [9.17, 15) is 10.4 Å². The first kappa shape index (κ1) is 24.8. The van der Waals surface area contributed by atoms with Crippen LogP contribution in [-0.2, 0) is 0 Å². The fourth-order valence-electron chi connectivity index (χ4n) is 3.40. The Morgan fingerprint density at radius 3 is 1.52 bits per heavy atom. The molecule has 0 spiro atoms. The molecule has 0 aromatic heterocycles. The Labute approximate surface area is 157 Å². The van der Waals surface area contributed by atoms with Crippen LogP contribution in [0.1, 0.15) is 110 Å². The Hall–Kier alpha value is -0.160. The molecule has 0 saturated heterocycles. The van der Waals surface area contributed by atoms with Gasteiger partial charge in [-0.2, -0.15) is 0 Å². The maximum absolute atomic E-state index is 11.5. The van der Waals surface area contributed by atoms with Gasteiger partial charge in [-0.3, -0.25) is 0 Å². The number of hydrogen-bond acceptors (Lipinski definition) is 3. The Morgan fingerprint density at radius 1 is 0.720 bits per heavy atom. The van der Waals surface area contributed by atoms with Gasteiger partial charge in [0, 0.05) is 6.04 Å². The predicted octanol–water partition coefficient (Wildman–Crippen LogP) is 6.17. The normalized spacial score (nSPS) is 13.3. The molecule has 0 aliphatic rings. The van der Waals surface area contributed by atoms with Gasteiger partial charge in [-0.1, -0.05) is 90.4 Å². The van der Waals surface area contributed by atoms with Crippen LogP contribution in [0, 0.1) is 5.21 Å². The van der Waals surface area contributed by atoms with Crippen LogP contribution >= 0.6 is 0 Å². The van der Waals surface area contributed by atoms with E-state index < -0.39 is 0 Å². The lowest BCUT2D eigenvalue weighted by Crippen LogP contribution is -2.34. The molecule has 0 aromatic rings. The fourth-order valence-corrected chi connectivity index (χ4v) is 3.40. The first-order valence-corrected chi connectivity index (χ1v) is 10.9. The van der Waals surface area contributed by atoms with Crippen molar-refractivity contribution in [3.8, 4) is 0 Å². The number of hydrogen-bond donors (Lipinski definition) is 2. The largest absolute Gasteiger partial charge is 0.633 e. The minimum Gasteiger partial charge on any atom is -0.633 e. The van der Waals surface area contributed by atoms with Crippen LogP contribution in [0.2, 0.25) is 0 Å². The summed E-state index contributed by atoms with van der Waals surface area (Å²) in [6.07, 6.45) is 20.5. The number of rotatable bonds is 19. The minimum absolute atomic E-state index is 0.152. The van der Waals surface area contributed by atoms with Crippen LogP contribution in [0.4, 0.5) is 0 Å². The monoisotopic (exact) mass is 358 g/mol. The molecule has 2 N–H and O–H groups in total. The molecule has 1 unspecified atom stereocenters. The van der Waals surface area contributed by atoms with E-state index in [1.807, 2.05) is 0 Å². The van der Waals surface area contributed by atoms with Gasteiger partial charge in [0.2, 0.25) is 0 Å². The second-order valence-electron chi connectivity index (χ2n) is 8.30. The third-order valence-corrected chi connectivity index (χ3v) is 5.09. The van der Waals surface area contributed by atoms with Gasteiger partial charge >= 0.3 is 0 Å². The Balaban J connectivity index is 3.30. The average molecular weight is 359 g/mol. The van der Waals surface area contributed by atoms with E-state index in [4.69, 9.17) is 0 Å². The van der Waals surface area contributed by atoms with Gasteiger partial charge in [-0.15, -0.1) is 0 Å². The van der Waals surface area contributed by atoms with Crippen molar-refractivity contribution >= 4 is 0 Å². The molecule has 0 bridgehead atoms. The molecule has 0 radical (unpaired) electrons.